The summed E-state index contributed by atoms with van der Waals surface area (Å²) in [6.45, 7) is 0.458. The van der Waals surface area contributed by atoms with Crippen LogP contribution < -0.4 is 9.47 Å². The average Bonchev–Trinajstić information content (AvgIpc) is 3.44. The molecule has 0 N–H and O–H groups in total. The van der Waals surface area contributed by atoms with Crippen molar-refractivity contribution < 1.29 is 28.1 Å². The Hall–Kier alpha value is -4.69. The van der Waals surface area contributed by atoms with E-state index in [0.29, 0.717) is 17.6 Å². The number of esters is 1. The standard InChI is InChI=1S/C42H43FN2O5/c1-45-38-21-36(50-35-13-7-32(8-14-35)42-22-29-17-30(23-42)19-31(18-29)24-42)15-16-37(38)44-40(45)26-48-34-11-5-27(6-12-34)20-39(41(46)47-2)49-25-28-3-9-33(43)10-4-28/h3-16,21,29-31,39H,17-20,22-26H2,1-2H3. The molecule has 0 radical (unpaired) electrons. The number of carbonyl (C=O) groups excluding carboxylic acids is 1. The predicted molar refractivity (Wildman–Crippen MR) is 189 cm³/mol. The highest BCUT2D eigenvalue weighted by Crippen LogP contribution is 2.60. The molecule has 0 amide bonds. The first-order chi connectivity index (χ1) is 24.3. The Balaban J connectivity index is 0.879. The van der Waals surface area contributed by atoms with Gasteiger partial charge in [0.25, 0.3) is 0 Å². The molecule has 9 rings (SSSR count). The van der Waals surface area contributed by atoms with Crippen molar-refractivity contribution in [1.82, 2.24) is 9.55 Å². The first-order valence-corrected chi connectivity index (χ1v) is 17.7. The summed E-state index contributed by atoms with van der Waals surface area (Å²) in [5.74, 6) is 5.11. The van der Waals surface area contributed by atoms with E-state index >= 15 is 0 Å². The van der Waals surface area contributed by atoms with Gasteiger partial charge in [-0.15, -0.1) is 0 Å². The second-order valence-corrected chi connectivity index (χ2v) is 14.6. The van der Waals surface area contributed by atoms with Crippen LogP contribution in [0.4, 0.5) is 4.39 Å². The van der Waals surface area contributed by atoms with E-state index in [9.17, 15) is 9.18 Å². The summed E-state index contributed by atoms with van der Waals surface area (Å²) < 4.78 is 38.5. The number of carbonyl (C=O) groups is 1. The zero-order valence-electron chi connectivity index (χ0n) is 28.6. The van der Waals surface area contributed by atoms with Gasteiger partial charge in [0.05, 0.1) is 24.8 Å². The smallest absolute Gasteiger partial charge is 0.335 e. The average molecular weight is 675 g/mol. The molecule has 50 heavy (non-hydrogen) atoms. The van der Waals surface area contributed by atoms with Crippen molar-refractivity contribution in [3.8, 4) is 17.2 Å². The van der Waals surface area contributed by atoms with Crippen LogP contribution in [0.25, 0.3) is 11.0 Å². The zero-order valence-corrected chi connectivity index (χ0v) is 28.6. The molecule has 4 aliphatic carbocycles. The Bertz CT molecular complexity index is 1930. The molecular formula is C42H43FN2O5. The van der Waals surface area contributed by atoms with Crippen molar-refractivity contribution >= 4 is 17.0 Å². The van der Waals surface area contributed by atoms with E-state index in [1.54, 1.807) is 12.1 Å². The normalized spacial score (nSPS) is 22.8. The van der Waals surface area contributed by atoms with Gasteiger partial charge in [-0.1, -0.05) is 36.4 Å². The maximum Gasteiger partial charge on any atom is 0.335 e. The first-order valence-electron chi connectivity index (χ1n) is 17.7. The molecule has 0 saturated heterocycles. The molecule has 7 nitrogen and oxygen atoms in total. The lowest BCUT2D eigenvalue weighted by molar-refractivity contribution is -0.154. The number of fused-ring (bicyclic) bond motifs is 1. The number of methoxy groups -OCH3 is 1. The lowest BCUT2D eigenvalue weighted by Crippen LogP contribution is -2.48. The molecule has 1 heterocycles. The van der Waals surface area contributed by atoms with Crippen LogP contribution in [0.3, 0.4) is 0 Å². The van der Waals surface area contributed by atoms with Gasteiger partial charge in [0.2, 0.25) is 0 Å². The monoisotopic (exact) mass is 674 g/mol. The highest BCUT2D eigenvalue weighted by molar-refractivity contribution is 5.78. The summed E-state index contributed by atoms with van der Waals surface area (Å²) in [5.41, 5.74) is 5.40. The number of aryl methyl sites for hydroxylation is 1. The Morgan fingerprint density at radius 3 is 2.10 bits per heavy atom. The topological polar surface area (TPSA) is 71.8 Å². The molecule has 4 fully saturated rings. The van der Waals surface area contributed by atoms with E-state index in [2.05, 4.69) is 24.3 Å². The number of ether oxygens (including phenoxy) is 4. The van der Waals surface area contributed by atoms with Gasteiger partial charge in [-0.2, -0.15) is 0 Å². The number of hydrogen-bond donors (Lipinski definition) is 0. The third kappa shape index (κ3) is 6.73. The molecule has 1 atom stereocenters. The maximum atomic E-state index is 13.2. The fourth-order valence-electron chi connectivity index (χ4n) is 9.09. The van der Waals surface area contributed by atoms with Crippen molar-refractivity contribution in [3.63, 3.8) is 0 Å². The molecule has 4 saturated carbocycles. The fourth-order valence-corrected chi connectivity index (χ4v) is 9.09. The quantitative estimate of drug-likeness (QED) is 0.123. The highest BCUT2D eigenvalue weighted by Gasteiger charge is 2.51. The summed E-state index contributed by atoms with van der Waals surface area (Å²) in [5, 5.41) is 0. The molecule has 0 spiro atoms. The van der Waals surface area contributed by atoms with Gasteiger partial charge in [-0.3, -0.25) is 0 Å². The first kappa shape index (κ1) is 32.5. The largest absolute Gasteiger partial charge is 0.486 e. The zero-order chi connectivity index (χ0) is 34.2. The van der Waals surface area contributed by atoms with Gasteiger partial charge in [0, 0.05) is 19.5 Å². The molecule has 1 unspecified atom stereocenters. The molecule has 4 bridgehead atoms. The van der Waals surface area contributed by atoms with Crippen LogP contribution in [0.5, 0.6) is 17.2 Å². The number of benzene rings is 4. The van der Waals surface area contributed by atoms with E-state index in [1.165, 1.54) is 63.3 Å². The fraction of sp³-hybridized carbons (Fsp3) is 0.381. The minimum Gasteiger partial charge on any atom is -0.486 e. The van der Waals surface area contributed by atoms with Crippen LogP contribution in [-0.2, 0) is 46.4 Å². The second-order valence-electron chi connectivity index (χ2n) is 14.6. The Morgan fingerprint density at radius 2 is 1.44 bits per heavy atom. The van der Waals surface area contributed by atoms with Crippen molar-refractivity contribution in [2.75, 3.05) is 7.11 Å². The van der Waals surface area contributed by atoms with Crippen LogP contribution >= 0.6 is 0 Å². The van der Waals surface area contributed by atoms with Gasteiger partial charge in [0.1, 0.15) is 35.5 Å². The van der Waals surface area contributed by atoms with Crippen LogP contribution in [0.2, 0.25) is 0 Å². The van der Waals surface area contributed by atoms with Crippen LogP contribution in [0.15, 0.2) is 91.0 Å². The van der Waals surface area contributed by atoms with Gasteiger partial charge in [-0.25, -0.2) is 14.2 Å². The van der Waals surface area contributed by atoms with Crippen LogP contribution in [0.1, 0.15) is 61.0 Å². The van der Waals surface area contributed by atoms with Gasteiger partial charge in [-0.05, 0) is 127 Å². The van der Waals surface area contributed by atoms with Gasteiger partial charge in [0.15, 0.2) is 6.10 Å². The molecule has 4 aromatic carbocycles. The highest BCUT2D eigenvalue weighted by atomic mass is 19.1. The van der Waals surface area contributed by atoms with Crippen LogP contribution in [-0.4, -0.2) is 28.7 Å². The number of halogens is 1. The van der Waals surface area contributed by atoms with E-state index in [4.69, 9.17) is 23.9 Å². The molecular weight excluding hydrogens is 631 g/mol. The molecule has 1 aromatic heterocycles. The SMILES string of the molecule is COC(=O)C(Cc1ccc(OCc2nc3ccc(Oc4ccc(C56CC7CC(CC(C7)C5)C6)cc4)cc3n2C)cc1)OCc1ccc(F)cc1. The predicted octanol–water partition coefficient (Wildman–Crippen LogP) is 8.85. The number of nitrogens with zero attached hydrogens (tertiary/aromatic N) is 2. The summed E-state index contributed by atoms with van der Waals surface area (Å²) in [6, 6.07) is 28.4. The lowest BCUT2D eigenvalue weighted by atomic mass is 9.48. The molecule has 4 aliphatic rings. The summed E-state index contributed by atoms with van der Waals surface area (Å²) in [6.07, 6.45) is 7.99. The minimum absolute atomic E-state index is 0.168. The van der Waals surface area contributed by atoms with Crippen molar-refractivity contribution in [2.45, 2.75) is 69.7 Å². The summed E-state index contributed by atoms with van der Waals surface area (Å²) in [7, 11) is 3.32. The van der Waals surface area contributed by atoms with Crippen LogP contribution in [0, 0.1) is 23.6 Å². The maximum absolute atomic E-state index is 13.2. The third-order valence-electron chi connectivity index (χ3n) is 11.2. The minimum atomic E-state index is -0.795. The van der Waals surface area contributed by atoms with E-state index in [1.807, 2.05) is 54.1 Å². The van der Waals surface area contributed by atoms with Gasteiger partial charge < -0.3 is 23.5 Å². The van der Waals surface area contributed by atoms with Crippen molar-refractivity contribution in [3.05, 3.63) is 119 Å². The van der Waals surface area contributed by atoms with E-state index < -0.39 is 12.1 Å². The summed E-state index contributed by atoms with van der Waals surface area (Å²) in [4.78, 5) is 17.2. The molecule has 0 aliphatic heterocycles. The molecule has 8 heteroatoms. The van der Waals surface area contributed by atoms with Gasteiger partial charge >= 0.3 is 5.97 Å². The lowest BCUT2D eigenvalue weighted by Gasteiger charge is -2.57. The Morgan fingerprint density at radius 1 is 0.820 bits per heavy atom. The molecule has 5 aromatic rings. The Labute approximate surface area is 292 Å². The number of hydrogen-bond acceptors (Lipinski definition) is 6. The number of imidazole rings is 1. The number of rotatable bonds is 12. The molecule has 258 valence electrons. The summed E-state index contributed by atoms with van der Waals surface area (Å²) >= 11 is 0. The second kappa shape index (κ2) is 13.6. The van der Waals surface area contributed by atoms with Crippen molar-refractivity contribution in [1.29, 1.82) is 0 Å². The van der Waals surface area contributed by atoms with Crippen molar-refractivity contribution in [2.24, 2.45) is 24.8 Å². The van der Waals surface area contributed by atoms with E-state index in [0.717, 1.165) is 57.2 Å². The number of aromatic nitrogens is 2. The van der Waals surface area contributed by atoms with E-state index in [-0.39, 0.29) is 19.0 Å². The third-order valence-corrected chi connectivity index (χ3v) is 11.2. The Kier molecular flexibility index (Phi) is 8.81.